The molecule has 0 bridgehead atoms. The lowest BCUT2D eigenvalue weighted by Crippen LogP contribution is -2.16. The first kappa shape index (κ1) is 10.5. The summed E-state index contributed by atoms with van der Waals surface area (Å²) in [5.74, 6) is 0.392. The van der Waals surface area contributed by atoms with Crippen LogP contribution in [0.15, 0.2) is 18.2 Å². The van der Waals surface area contributed by atoms with Crippen LogP contribution in [-0.4, -0.2) is 20.7 Å². The molecule has 0 aliphatic rings. The molecule has 0 saturated carbocycles. The minimum atomic E-state index is -0.151. The molecule has 2 aromatic heterocycles. The van der Waals surface area contributed by atoms with Crippen molar-refractivity contribution < 1.29 is 4.79 Å². The molecule has 0 saturated heterocycles. The van der Waals surface area contributed by atoms with E-state index in [2.05, 4.69) is 15.5 Å². The van der Waals surface area contributed by atoms with Crippen molar-refractivity contribution in [1.29, 1.82) is 0 Å². The molecule has 1 amide bonds. The molecule has 2 aromatic rings. The molecular weight excluding hydrogens is 204 g/mol. The largest absolute Gasteiger partial charge is 0.344 e. The molecule has 0 unspecified atom stereocenters. The Morgan fingerprint density at radius 1 is 1.44 bits per heavy atom. The fourth-order valence-electron chi connectivity index (χ4n) is 1.50. The van der Waals surface area contributed by atoms with Crippen LogP contribution in [0.5, 0.6) is 0 Å². The Kier molecular flexibility index (Phi) is 2.52. The molecule has 0 radical (unpaired) electrons. The Morgan fingerprint density at radius 2 is 2.19 bits per heavy atom. The maximum Gasteiger partial charge on any atom is 0.273 e. The summed E-state index contributed by atoms with van der Waals surface area (Å²) < 4.78 is 1.84. The van der Waals surface area contributed by atoms with Crippen LogP contribution in [0.3, 0.4) is 0 Å². The topological polar surface area (TPSA) is 62.7 Å². The number of H-pyrrole nitrogens is 1. The van der Waals surface area contributed by atoms with Gasteiger partial charge in [-0.1, -0.05) is 0 Å². The number of hydrogen-bond acceptors (Lipinski definition) is 2. The second kappa shape index (κ2) is 3.84. The first-order valence-electron chi connectivity index (χ1n) is 5.03. The summed E-state index contributed by atoms with van der Waals surface area (Å²) in [5.41, 5.74) is 2.58. The standard InChI is InChI=1S/C11H14N4O/c1-7-6-10(14-13-7)12-11(16)9-5-4-8(2)15(9)3/h4-6H,1-3H3,(H2,12,13,14,16). The van der Waals surface area contributed by atoms with Crippen molar-refractivity contribution in [1.82, 2.24) is 14.8 Å². The Balaban J connectivity index is 2.18. The Labute approximate surface area is 93.5 Å². The number of aromatic nitrogens is 3. The van der Waals surface area contributed by atoms with Crippen LogP contribution in [0.1, 0.15) is 21.9 Å². The highest BCUT2D eigenvalue weighted by molar-refractivity contribution is 6.02. The highest BCUT2D eigenvalue weighted by Crippen LogP contribution is 2.09. The van der Waals surface area contributed by atoms with Crippen molar-refractivity contribution in [2.45, 2.75) is 13.8 Å². The van der Waals surface area contributed by atoms with Crippen molar-refractivity contribution in [3.8, 4) is 0 Å². The number of nitrogens with zero attached hydrogens (tertiary/aromatic N) is 2. The molecular formula is C11H14N4O. The molecule has 5 heteroatoms. The molecule has 2 heterocycles. The zero-order valence-corrected chi connectivity index (χ0v) is 9.53. The van der Waals surface area contributed by atoms with E-state index in [9.17, 15) is 4.79 Å². The van der Waals surface area contributed by atoms with Crippen LogP contribution in [0.25, 0.3) is 0 Å². The van der Waals surface area contributed by atoms with Crippen LogP contribution in [0, 0.1) is 13.8 Å². The van der Waals surface area contributed by atoms with Crippen molar-refractivity contribution in [2.75, 3.05) is 5.32 Å². The molecule has 84 valence electrons. The third kappa shape index (κ3) is 1.84. The van der Waals surface area contributed by atoms with Gasteiger partial charge in [0.15, 0.2) is 5.82 Å². The lowest BCUT2D eigenvalue weighted by atomic mass is 10.4. The van der Waals surface area contributed by atoms with E-state index in [-0.39, 0.29) is 5.91 Å². The highest BCUT2D eigenvalue weighted by atomic mass is 16.2. The zero-order chi connectivity index (χ0) is 11.7. The number of carbonyl (C=O) groups is 1. The predicted octanol–water partition coefficient (Wildman–Crippen LogP) is 1.62. The summed E-state index contributed by atoms with van der Waals surface area (Å²) in [6.45, 7) is 3.84. The summed E-state index contributed by atoms with van der Waals surface area (Å²) in [7, 11) is 1.86. The molecule has 2 rings (SSSR count). The normalized spacial score (nSPS) is 10.4. The Morgan fingerprint density at radius 3 is 2.69 bits per heavy atom. The van der Waals surface area contributed by atoms with Crippen LogP contribution >= 0.6 is 0 Å². The summed E-state index contributed by atoms with van der Waals surface area (Å²) >= 11 is 0. The van der Waals surface area contributed by atoms with Gasteiger partial charge in [-0.2, -0.15) is 5.10 Å². The Bertz CT molecular complexity index is 524. The molecule has 0 atom stereocenters. The Hall–Kier alpha value is -2.04. The van der Waals surface area contributed by atoms with Crippen LogP contribution in [-0.2, 0) is 7.05 Å². The fraction of sp³-hybridized carbons (Fsp3) is 0.273. The van der Waals surface area contributed by atoms with E-state index in [1.165, 1.54) is 0 Å². The number of amides is 1. The quantitative estimate of drug-likeness (QED) is 0.804. The highest BCUT2D eigenvalue weighted by Gasteiger charge is 2.11. The van der Waals surface area contributed by atoms with Gasteiger partial charge in [0, 0.05) is 24.5 Å². The molecule has 0 aromatic carbocycles. The van der Waals surface area contributed by atoms with Gasteiger partial charge in [0.25, 0.3) is 5.91 Å². The van der Waals surface area contributed by atoms with Crippen molar-refractivity contribution in [3.05, 3.63) is 35.3 Å². The van der Waals surface area contributed by atoms with E-state index in [1.54, 1.807) is 12.1 Å². The summed E-state index contributed by atoms with van der Waals surface area (Å²) in [5, 5.41) is 9.46. The molecule has 2 N–H and O–H groups in total. The van der Waals surface area contributed by atoms with E-state index in [0.717, 1.165) is 11.4 Å². The number of aryl methyl sites for hydroxylation is 2. The van der Waals surface area contributed by atoms with Gasteiger partial charge in [-0.3, -0.25) is 9.89 Å². The summed E-state index contributed by atoms with van der Waals surface area (Å²) in [4.78, 5) is 11.9. The number of anilines is 1. The fourth-order valence-corrected chi connectivity index (χ4v) is 1.50. The van der Waals surface area contributed by atoms with Gasteiger partial charge in [-0.25, -0.2) is 0 Å². The molecule has 0 aliphatic carbocycles. The van der Waals surface area contributed by atoms with Gasteiger partial charge >= 0.3 is 0 Å². The lowest BCUT2D eigenvalue weighted by molar-refractivity contribution is 0.101. The SMILES string of the molecule is Cc1cc(NC(=O)c2ccc(C)n2C)n[nH]1. The monoisotopic (exact) mass is 218 g/mol. The third-order valence-corrected chi connectivity index (χ3v) is 2.55. The lowest BCUT2D eigenvalue weighted by Gasteiger charge is -2.04. The van der Waals surface area contributed by atoms with Crippen LogP contribution < -0.4 is 5.32 Å². The number of rotatable bonds is 2. The second-order valence-electron chi connectivity index (χ2n) is 3.81. The smallest absolute Gasteiger partial charge is 0.273 e. The van der Waals surface area contributed by atoms with E-state index in [4.69, 9.17) is 0 Å². The predicted molar refractivity (Wildman–Crippen MR) is 61.4 cm³/mol. The minimum absolute atomic E-state index is 0.151. The number of hydrogen-bond donors (Lipinski definition) is 2. The first-order chi connectivity index (χ1) is 7.58. The van der Waals surface area contributed by atoms with Gasteiger partial charge in [0.1, 0.15) is 5.69 Å². The van der Waals surface area contributed by atoms with Gasteiger partial charge < -0.3 is 9.88 Å². The van der Waals surface area contributed by atoms with Gasteiger partial charge in [0.2, 0.25) is 0 Å². The van der Waals surface area contributed by atoms with Crippen molar-refractivity contribution in [2.24, 2.45) is 7.05 Å². The maximum absolute atomic E-state index is 11.9. The molecule has 0 fully saturated rings. The second-order valence-corrected chi connectivity index (χ2v) is 3.81. The third-order valence-electron chi connectivity index (χ3n) is 2.55. The van der Waals surface area contributed by atoms with Crippen molar-refractivity contribution in [3.63, 3.8) is 0 Å². The molecule has 16 heavy (non-hydrogen) atoms. The van der Waals surface area contributed by atoms with E-state index in [1.807, 2.05) is 31.5 Å². The first-order valence-corrected chi connectivity index (χ1v) is 5.03. The van der Waals surface area contributed by atoms with Crippen molar-refractivity contribution >= 4 is 11.7 Å². The summed E-state index contributed by atoms with van der Waals surface area (Å²) in [6.07, 6.45) is 0. The van der Waals surface area contributed by atoms with E-state index >= 15 is 0 Å². The number of carbonyl (C=O) groups excluding carboxylic acids is 1. The average Bonchev–Trinajstić information content (AvgIpc) is 2.76. The van der Waals surface area contributed by atoms with Gasteiger partial charge in [-0.05, 0) is 26.0 Å². The van der Waals surface area contributed by atoms with E-state index < -0.39 is 0 Å². The summed E-state index contributed by atoms with van der Waals surface area (Å²) in [6, 6.07) is 5.49. The van der Waals surface area contributed by atoms with Crippen LogP contribution in [0.4, 0.5) is 5.82 Å². The number of aromatic amines is 1. The molecule has 0 spiro atoms. The number of nitrogens with one attached hydrogen (secondary N) is 2. The average molecular weight is 218 g/mol. The molecule has 5 nitrogen and oxygen atoms in total. The zero-order valence-electron chi connectivity index (χ0n) is 9.53. The van der Waals surface area contributed by atoms with E-state index in [0.29, 0.717) is 11.5 Å². The minimum Gasteiger partial charge on any atom is -0.344 e. The maximum atomic E-state index is 11.9. The van der Waals surface area contributed by atoms with Gasteiger partial charge in [-0.15, -0.1) is 0 Å². The van der Waals surface area contributed by atoms with Crippen LogP contribution in [0.2, 0.25) is 0 Å². The van der Waals surface area contributed by atoms with Gasteiger partial charge in [0.05, 0.1) is 0 Å². The molecule has 0 aliphatic heterocycles.